The number of hydrogen-bond donors (Lipinski definition) is 1. The first kappa shape index (κ1) is 14.3. The van der Waals surface area contributed by atoms with Gasteiger partial charge in [-0.3, -0.25) is 0 Å². The number of rotatable bonds is 6. The number of aliphatic carboxylic acids is 1. The van der Waals surface area contributed by atoms with Gasteiger partial charge in [-0.2, -0.15) is 0 Å². The molecule has 96 valence electrons. The molecule has 1 N–H and O–H groups in total. The van der Waals surface area contributed by atoms with E-state index in [9.17, 15) is 9.36 Å². The fourth-order valence-corrected chi connectivity index (χ4v) is 3.00. The fourth-order valence-electron chi connectivity index (χ4n) is 2.11. The number of carbonyl (C=O) groups is 1. The van der Waals surface area contributed by atoms with Gasteiger partial charge in [0.2, 0.25) is 6.16 Å². The first-order valence-electron chi connectivity index (χ1n) is 6.15. The van der Waals surface area contributed by atoms with E-state index in [0.717, 1.165) is 25.7 Å². The van der Waals surface area contributed by atoms with Gasteiger partial charge in [0.15, 0.2) is 0 Å². The van der Waals surface area contributed by atoms with Gasteiger partial charge >= 0.3 is 14.0 Å². The Balaban J connectivity index is 2.60. The smallest absolute Gasteiger partial charge is 0.478 e. The van der Waals surface area contributed by atoms with Crippen molar-refractivity contribution in [3.8, 4) is 0 Å². The Kier molecular flexibility index (Phi) is 6.38. The van der Waals surface area contributed by atoms with Gasteiger partial charge in [0.05, 0.1) is 12.2 Å². The molecule has 0 aromatic heterocycles. The molecule has 1 fully saturated rings. The molecule has 1 atom stereocenters. The maximum Gasteiger partial charge on any atom is 0.513 e. The van der Waals surface area contributed by atoms with Crippen LogP contribution >= 0.6 is 8.03 Å². The third kappa shape index (κ3) is 5.42. The van der Waals surface area contributed by atoms with Crippen molar-refractivity contribution in [2.24, 2.45) is 5.92 Å². The molecule has 1 rings (SSSR count). The Morgan fingerprint density at radius 3 is 2.59 bits per heavy atom. The fraction of sp³-hybridized carbons (Fsp3) is 0.750. The highest BCUT2D eigenvalue weighted by Crippen LogP contribution is 2.29. The molecule has 0 amide bonds. The largest absolute Gasteiger partial charge is 0.513 e. The quantitative estimate of drug-likeness (QED) is 0.586. The lowest BCUT2D eigenvalue weighted by atomic mass is 9.88. The zero-order valence-electron chi connectivity index (χ0n) is 10.2. The van der Waals surface area contributed by atoms with Crippen molar-refractivity contribution in [3.63, 3.8) is 0 Å². The molecule has 0 heterocycles. The van der Waals surface area contributed by atoms with Crippen LogP contribution in [0.1, 0.15) is 39.0 Å². The summed E-state index contributed by atoms with van der Waals surface area (Å²) in [6.45, 7) is 2.10. The summed E-state index contributed by atoms with van der Waals surface area (Å²) in [5.74, 6) is -0.640. The van der Waals surface area contributed by atoms with Crippen LogP contribution in [0.4, 0.5) is 0 Å². The highest BCUT2D eigenvalue weighted by atomic mass is 31.1. The summed E-state index contributed by atoms with van der Waals surface area (Å²) in [5, 5.41) is 9.07. The van der Waals surface area contributed by atoms with Gasteiger partial charge in [0.1, 0.15) is 0 Å². The van der Waals surface area contributed by atoms with Gasteiger partial charge in [-0.25, -0.2) is 4.79 Å². The zero-order valence-corrected chi connectivity index (χ0v) is 11.1. The van der Waals surface area contributed by atoms with Crippen molar-refractivity contribution < 1.29 is 19.0 Å². The van der Waals surface area contributed by atoms with Crippen LogP contribution in [0.2, 0.25) is 0 Å². The van der Waals surface area contributed by atoms with E-state index in [1.54, 1.807) is 13.0 Å². The normalized spacial score (nSPS) is 19.1. The Hall–Kier alpha value is -0.730. The van der Waals surface area contributed by atoms with E-state index in [1.807, 2.05) is 0 Å². The van der Waals surface area contributed by atoms with Gasteiger partial charge in [-0.1, -0.05) is 25.3 Å². The van der Waals surface area contributed by atoms with E-state index in [-0.39, 0.29) is 11.7 Å². The third-order valence-electron chi connectivity index (χ3n) is 2.93. The lowest BCUT2D eigenvalue weighted by molar-refractivity contribution is -0.132. The van der Waals surface area contributed by atoms with Gasteiger partial charge in [-0.15, -0.1) is 4.52 Å². The Labute approximate surface area is 103 Å². The minimum absolute atomic E-state index is 0.0228. The van der Waals surface area contributed by atoms with E-state index in [1.165, 1.54) is 6.42 Å². The standard InChI is InChI=1S/C12H19O4P/c1-2-16-17(15)9-11(12(13)14)8-10-6-4-3-5-7-10/h8,10H,2-7,9H2,1H3/p+1. The van der Waals surface area contributed by atoms with Crippen molar-refractivity contribution in [3.05, 3.63) is 11.6 Å². The van der Waals surface area contributed by atoms with Gasteiger partial charge in [-0.05, 0) is 30.2 Å². The molecule has 0 aromatic rings. The lowest BCUT2D eigenvalue weighted by Gasteiger charge is -2.18. The Morgan fingerprint density at radius 1 is 1.41 bits per heavy atom. The molecule has 0 spiro atoms. The highest BCUT2D eigenvalue weighted by molar-refractivity contribution is 7.39. The molecule has 1 aliphatic carbocycles. The van der Waals surface area contributed by atoms with Crippen molar-refractivity contribution in [2.45, 2.75) is 39.0 Å². The summed E-state index contributed by atoms with van der Waals surface area (Å²) in [4.78, 5) is 11.1. The molecule has 4 nitrogen and oxygen atoms in total. The van der Waals surface area contributed by atoms with Crippen LogP contribution in [0.5, 0.6) is 0 Å². The minimum atomic E-state index is -1.88. The van der Waals surface area contributed by atoms with E-state index >= 15 is 0 Å². The van der Waals surface area contributed by atoms with Crippen LogP contribution in [0, 0.1) is 5.92 Å². The van der Waals surface area contributed by atoms with Crippen LogP contribution < -0.4 is 0 Å². The molecule has 0 saturated heterocycles. The molecule has 0 aliphatic heterocycles. The van der Waals surface area contributed by atoms with E-state index < -0.39 is 14.0 Å². The molecule has 5 heteroatoms. The first-order chi connectivity index (χ1) is 8.13. The predicted octanol–water partition coefficient (Wildman–Crippen LogP) is 3.36. The molecule has 0 radical (unpaired) electrons. The van der Waals surface area contributed by atoms with E-state index in [0.29, 0.717) is 12.5 Å². The average molecular weight is 259 g/mol. The lowest BCUT2D eigenvalue weighted by Crippen LogP contribution is -2.09. The predicted molar refractivity (Wildman–Crippen MR) is 66.4 cm³/mol. The van der Waals surface area contributed by atoms with Gasteiger partial charge < -0.3 is 5.11 Å². The molecular weight excluding hydrogens is 239 g/mol. The number of carboxylic acids is 1. The summed E-state index contributed by atoms with van der Waals surface area (Å²) < 4.78 is 16.3. The van der Waals surface area contributed by atoms with Crippen LogP contribution in [-0.4, -0.2) is 23.8 Å². The summed E-state index contributed by atoms with van der Waals surface area (Å²) >= 11 is 0. The number of carboxylic acid groups (broad SMARTS) is 1. The average Bonchev–Trinajstić information content (AvgIpc) is 2.29. The molecule has 17 heavy (non-hydrogen) atoms. The van der Waals surface area contributed by atoms with Crippen LogP contribution in [0.25, 0.3) is 0 Å². The first-order valence-corrected chi connectivity index (χ1v) is 7.51. The third-order valence-corrected chi connectivity index (χ3v) is 4.08. The van der Waals surface area contributed by atoms with Crippen LogP contribution in [0.15, 0.2) is 11.6 Å². The molecular formula is C12H20O4P+. The molecule has 1 saturated carbocycles. The van der Waals surface area contributed by atoms with Crippen LogP contribution in [0.3, 0.4) is 0 Å². The summed E-state index contributed by atoms with van der Waals surface area (Å²) in [7, 11) is -1.88. The van der Waals surface area contributed by atoms with Gasteiger partial charge in [0, 0.05) is 0 Å². The van der Waals surface area contributed by atoms with Crippen molar-refractivity contribution >= 4 is 14.0 Å². The van der Waals surface area contributed by atoms with Crippen LogP contribution in [-0.2, 0) is 13.9 Å². The van der Waals surface area contributed by atoms with Gasteiger partial charge in [0.25, 0.3) is 0 Å². The maximum atomic E-state index is 11.4. The SMILES string of the molecule is CCO[P+](=O)CC(=CC1CCCCC1)C(=O)O. The number of allylic oxidation sites excluding steroid dienone is 1. The summed E-state index contributed by atoms with van der Waals surface area (Å²) in [6.07, 6.45) is 7.45. The van der Waals surface area contributed by atoms with Crippen molar-refractivity contribution in [1.82, 2.24) is 0 Å². The number of hydrogen-bond acceptors (Lipinski definition) is 3. The minimum Gasteiger partial charge on any atom is -0.478 e. The van der Waals surface area contributed by atoms with E-state index in [4.69, 9.17) is 9.63 Å². The second kappa shape index (κ2) is 7.57. The zero-order chi connectivity index (χ0) is 12.7. The Bertz CT molecular complexity index is 306. The highest BCUT2D eigenvalue weighted by Gasteiger charge is 2.25. The summed E-state index contributed by atoms with van der Waals surface area (Å²) in [6, 6.07) is 0. The maximum absolute atomic E-state index is 11.4. The second-order valence-electron chi connectivity index (χ2n) is 4.30. The summed E-state index contributed by atoms with van der Waals surface area (Å²) in [5.41, 5.74) is 0.242. The topological polar surface area (TPSA) is 63.6 Å². The Morgan fingerprint density at radius 2 is 2.06 bits per heavy atom. The molecule has 1 unspecified atom stereocenters. The monoisotopic (exact) mass is 259 g/mol. The second-order valence-corrected chi connectivity index (χ2v) is 5.54. The molecule has 1 aliphatic rings. The van der Waals surface area contributed by atoms with Crippen molar-refractivity contribution in [2.75, 3.05) is 12.8 Å². The molecule has 0 bridgehead atoms. The van der Waals surface area contributed by atoms with Crippen molar-refractivity contribution in [1.29, 1.82) is 0 Å². The van der Waals surface area contributed by atoms with E-state index in [2.05, 4.69) is 0 Å². The molecule has 0 aromatic carbocycles.